The van der Waals surface area contributed by atoms with Crippen molar-refractivity contribution in [2.24, 2.45) is 5.92 Å². The first-order valence-electron chi connectivity index (χ1n) is 6.36. The lowest BCUT2D eigenvalue weighted by Crippen LogP contribution is -2.49. The molecule has 1 rings (SSSR count). The highest BCUT2D eigenvalue weighted by Gasteiger charge is 2.17. The number of nitrogens with zero attached hydrogens (tertiary/aromatic N) is 1. The summed E-state index contributed by atoms with van der Waals surface area (Å²) in [5, 5.41) is 6.40. The smallest absolute Gasteiger partial charge is 0.234 e. The fraction of sp³-hybridized carbons (Fsp3) is 0.917. The summed E-state index contributed by atoms with van der Waals surface area (Å²) < 4.78 is 0. The van der Waals surface area contributed by atoms with Crippen molar-refractivity contribution in [3.05, 3.63) is 0 Å². The maximum atomic E-state index is 11.8. The van der Waals surface area contributed by atoms with Gasteiger partial charge >= 0.3 is 0 Å². The van der Waals surface area contributed by atoms with E-state index in [1.807, 2.05) is 0 Å². The topological polar surface area (TPSA) is 44.4 Å². The van der Waals surface area contributed by atoms with Gasteiger partial charge in [0, 0.05) is 32.2 Å². The lowest BCUT2D eigenvalue weighted by Gasteiger charge is -2.28. The summed E-state index contributed by atoms with van der Waals surface area (Å²) in [5.74, 6) is 0.680. The minimum Gasteiger partial charge on any atom is -0.352 e. The highest BCUT2D eigenvalue weighted by Crippen LogP contribution is 2.05. The molecule has 0 bridgehead atoms. The number of carbonyl (C=O) groups excluding carboxylic acids is 1. The fourth-order valence-corrected chi connectivity index (χ4v) is 2.06. The first-order chi connectivity index (χ1) is 7.63. The summed E-state index contributed by atoms with van der Waals surface area (Å²) in [6.45, 7) is 10.9. The molecule has 1 aliphatic rings. The van der Waals surface area contributed by atoms with E-state index in [9.17, 15) is 4.79 Å². The Kier molecular flexibility index (Phi) is 5.77. The molecule has 1 atom stereocenters. The highest BCUT2D eigenvalue weighted by molar-refractivity contribution is 5.78. The monoisotopic (exact) mass is 227 g/mol. The first-order valence-corrected chi connectivity index (χ1v) is 6.36. The second-order valence-corrected chi connectivity index (χ2v) is 4.85. The van der Waals surface area contributed by atoms with Gasteiger partial charge in [-0.15, -0.1) is 0 Å². The summed E-state index contributed by atoms with van der Waals surface area (Å²) >= 11 is 0. The molecule has 94 valence electrons. The molecule has 0 aromatic heterocycles. The van der Waals surface area contributed by atoms with Crippen LogP contribution in [0.1, 0.15) is 27.2 Å². The zero-order valence-electron chi connectivity index (χ0n) is 10.8. The van der Waals surface area contributed by atoms with Crippen molar-refractivity contribution in [1.29, 1.82) is 0 Å². The average Bonchev–Trinajstić information content (AvgIpc) is 2.27. The Morgan fingerprint density at radius 1 is 1.38 bits per heavy atom. The van der Waals surface area contributed by atoms with E-state index in [4.69, 9.17) is 0 Å². The number of piperazine rings is 1. The summed E-state index contributed by atoms with van der Waals surface area (Å²) in [4.78, 5) is 14.0. The van der Waals surface area contributed by atoms with Crippen molar-refractivity contribution in [2.45, 2.75) is 33.2 Å². The van der Waals surface area contributed by atoms with Crippen molar-refractivity contribution < 1.29 is 4.79 Å². The van der Waals surface area contributed by atoms with Crippen LogP contribution in [-0.4, -0.2) is 49.6 Å². The largest absolute Gasteiger partial charge is 0.352 e. The van der Waals surface area contributed by atoms with Crippen molar-refractivity contribution >= 4 is 5.91 Å². The van der Waals surface area contributed by atoms with Gasteiger partial charge in [0.1, 0.15) is 0 Å². The molecule has 2 N–H and O–H groups in total. The second kappa shape index (κ2) is 6.86. The quantitative estimate of drug-likeness (QED) is 0.716. The molecule has 0 aromatic carbocycles. The van der Waals surface area contributed by atoms with Gasteiger partial charge in [0.05, 0.1) is 6.54 Å². The van der Waals surface area contributed by atoms with Crippen LogP contribution in [0.15, 0.2) is 0 Å². The van der Waals surface area contributed by atoms with Crippen molar-refractivity contribution in [2.75, 3.05) is 32.7 Å². The van der Waals surface area contributed by atoms with E-state index in [-0.39, 0.29) is 5.91 Å². The fourth-order valence-electron chi connectivity index (χ4n) is 2.06. The molecule has 4 nitrogen and oxygen atoms in total. The van der Waals surface area contributed by atoms with Crippen LogP contribution in [0.4, 0.5) is 0 Å². The molecule has 4 heteroatoms. The van der Waals surface area contributed by atoms with Gasteiger partial charge < -0.3 is 10.6 Å². The molecule has 1 aliphatic heterocycles. The van der Waals surface area contributed by atoms with E-state index in [1.54, 1.807) is 0 Å². The lowest BCUT2D eigenvalue weighted by atomic mass is 10.0. The van der Waals surface area contributed by atoms with Crippen LogP contribution in [-0.2, 0) is 4.79 Å². The third-order valence-electron chi connectivity index (χ3n) is 3.17. The van der Waals surface area contributed by atoms with Crippen LogP contribution in [0, 0.1) is 5.92 Å². The first kappa shape index (κ1) is 13.5. The molecule has 1 fully saturated rings. The Morgan fingerprint density at radius 3 is 2.50 bits per heavy atom. The predicted molar refractivity (Wildman–Crippen MR) is 66.4 cm³/mol. The number of hydrogen-bond donors (Lipinski definition) is 2. The van der Waals surface area contributed by atoms with Gasteiger partial charge in [0.25, 0.3) is 0 Å². The standard InChI is InChI=1S/C12H25N3O/c1-4-11(10(2)3)14-12(16)9-15-7-5-13-6-8-15/h10-11,13H,4-9H2,1-3H3,(H,14,16). The van der Waals surface area contributed by atoms with Crippen LogP contribution in [0.3, 0.4) is 0 Å². The van der Waals surface area contributed by atoms with Gasteiger partial charge in [-0.2, -0.15) is 0 Å². The molecule has 0 aromatic rings. The molecule has 1 unspecified atom stereocenters. The minimum absolute atomic E-state index is 0.169. The van der Waals surface area contributed by atoms with Gasteiger partial charge in [-0.05, 0) is 12.3 Å². The van der Waals surface area contributed by atoms with E-state index in [2.05, 4.69) is 36.3 Å². The Labute approximate surface area is 98.8 Å². The Hall–Kier alpha value is -0.610. The molecule has 16 heavy (non-hydrogen) atoms. The normalized spacial score (nSPS) is 19.8. The summed E-state index contributed by atoms with van der Waals surface area (Å²) in [6, 6.07) is 0.315. The molecule has 0 aliphatic carbocycles. The molecular formula is C12H25N3O. The van der Waals surface area contributed by atoms with E-state index in [0.29, 0.717) is 18.5 Å². The minimum atomic E-state index is 0.169. The van der Waals surface area contributed by atoms with Gasteiger partial charge in [-0.25, -0.2) is 0 Å². The van der Waals surface area contributed by atoms with Crippen LogP contribution >= 0.6 is 0 Å². The Balaban J connectivity index is 2.28. The number of hydrogen-bond acceptors (Lipinski definition) is 3. The molecule has 1 amide bonds. The van der Waals surface area contributed by atoms with Crippen LogP contribution in [0.5, 0.6) is 0 Å². The van der Waals surface area contributed by atoms with Crippen molar-refractivity contribution in [3.63, 3.8) is 0 Å². The van der Waals surface area contributed by atoms with Gasteiger partial charge in [0.15, 0.2) is 0 Å². The zero-order chi connectivity index (χ0) is 12.0. The maximum absolute atomic E-state index is 11.8. The summed E-state index contributed by atoms with van der Waals surface area (Å²) in [7, 11) is 0. The zero-order valence-corrected chi connectivity index (χ0v) is 10.8. The molecule has 1 saturated heterocycles. The van der Waals surface area contributed by atoms with Crippen LogP contribution < -0.4 is 10.6 Å². The van der Waals surface area contributed by atoms with E-state index in [0.717, 1.165) is 32.6 Å². The SMILES string of the molecule is CCC(NC(=O)CN1CCNCC1)C(C)C. The van der Waals surface area contributed by atoms with E-state index in [1.165, 1.54) is 0 Å². The maximum Gasteiger partial charge on any atom is 0.234 e. The molecule has 1 heterocycles. The molecule has 0 radical (unpaired) electrons. The number of nitrogens with one attached hydrogen (secondary N) is 2. The average molecular weight is 227 g/mol. The van der Waals surface area contributed by atoms with E-state index < -0.39 is 0 Å². The van der Waals surface area contributed by atoms with Crippen molar-refractivity contribution in [3.8, 4) is 0 Å². The van der Waals surface area contributed by atoms with Crippen LogP contribution in [0.25, 0.3) is 0 Å². The number of rotatable bonds is 5. The summed E-state index contributed by atoms with van der Waals surface area (Å²) in [5.41, 5.74) is 0. The predicted octanol–water partition coefficient (Wildman–Crippen LogP) is 0.442. The third-order valence-corrected chi connectivity index (χ3v) is 3.17. The number of amides is 1. The van der Waals surface area contributed by atoms with Gasteiger partial charge in [-0.3, -0.25) is 9.69 Å². The second-order valence-electron chi connectivity index (χ2n) is 4.85. The summed E-state index contributed by atoms with van der Waals surface area (Å²) in [6.07, 6.45) is 1.00. The lowest BCUT2D eigenvalue weighted by molar-refractivity contribution is -0.123. The molecular weight excluding hydrogens is 202 g/mol. The highest BCUT2D eigenvalue weighted by atomic mass is 16.2. The van der Waals surface area contributed by atoms with Crippen LogP contribution in [0.2, 0.25) is 0 Å². The van der Waals surface area contributed by atoms with E-state index >= 15 is 0 Å². The Bertz CT molecular complexity index is 212. The third kappa shape index (κ3) is 4.49. The van der Waals surface area contributed by atoms with Gasteiger partial charge in [0.2, 0.25) is 5.91 Å². The Morgan fingerprint density at radius 2 is 2.00 bits per heavy atom. The van der Waals surface area contributed by atoms with Gasteiger partial charge in [-0.1, -0.05) is 20.8 Å². The molecule has 0 saturated carbocycles. The number of carbonyl (C=O) groups is 1. The molecule has 0 spiro atoms. The van der Waals surface area contributed by atoms with Crippen molar-refractivity contribution in [1.82, 2.24) is 15.5 Å².